The molecule has 5 N–H and O–H groups in total. The van der Waals surface area contributed by atoms with Crippen molar-refractivity contribution in [2.75, 3.05) is 32.8 Å². The molecule has 24 heavy (non-hydrogen) atoms. The first-order chi connectivity index (χ1) is 11.6. The van der Waals surface area contributed by atoms with Gasteiger partial charge in [-0.25, -0.2) is 19.6 Å². The number of hydrogen-bond acceptors (Lipinski definition) is 7. The Hall–Kier alpha value is -0.420. The second-order valence-electron chi connectivity index (χ2n) is 7.47. The van der Waals surface area contributed by atoms with Gasteiger partial charge >= 0.3 is 0 Å². The van der Waals surface area contributed by atoms with Crippen LogP contribution in [0.4, 0.5) is 8.78 Å². The third kappa shape index (κ3) is 3.72. The van der Waals surface area contributed by atoms with Gasteiger partial charge in [0, 0.05) is 25.2 Å². The van der Waals surface area contributed by atoms with E-state index in [0.29, 0.717) is 24.5 Å². The summed E-state index contributed by atoms with van der Waals surface area (Å²) < 4.78 is 33.5. The first-order valence-electron chi connectivity index (χ1n) is 9.09. The van der Waals surface area contributed by atoms with Crippen molar-refractivity contribution in [2.45, 2.75) is 55.8 Å². The second-order valence-corrected chi connectivity index (χ2v) is 7.47. The van der Waals surface area contributed by atoms with Crippen molar-refractivity contribution in [3.8, 4) is 0 Å². The van der Waals surface area contributed by atoms with E-state index in [9.17, 15) is 8.78 Å². The van der Waals surface area contributed by atoms with E-state index in [-0.39, 0.29) is 18.7 Å². The Morgan fingerprint density at radius 1 is 1.12 bits per heavy atom. The monoisotopic (exact) mass is 346 g/mol. The summed E-state index contributed by atoms with van der Waals surface area (Å²) >= 11 is 0. The second kappa shape index (κ2) is 7.06. The van der Waals surface area contributed by atoms with E-state index < -0.39 is 12.5 Å². The number of ether oxygens (including phenoxy) is 1. The molecule has 3 heterocycles. The summed E-state index contributed by atoms with van der Waals surface area (Å²) in [5.41, 5.74) is 13.7. The zero-order valence-corrected chi connectivity index (χ0v) is 13.9. The Morgan fingerprint density at radius 3 is 2.96 bits per heavy atom. The fraction of sp³-hybridized carbons (Fsp3) is 1.00. The fourth-order valence-corrected chi connectivity index (χ4v) is 4.38. The lowest BCUT2D eigenvalue weighted by Gasteiger charge is -2.35. The number of nitrogens with one attached hydrogen (secondary N) is 5. The van der Waals surface area contributed by atoms with Gasteiger partial charge in [-0.15, -0.1) is 0 Å². The smallest absolute Gasteiger partial charge is 0.283 e. The van der Waals surface area contributed by atoms with Crippen molar-refractivity contribution < 1.29 is 13.5 Å². The molecule has 0 aromatic heterocycles. The maximum absolute atomic E-state index is 13.9. The maximum Gasteiger partial charge on any atom is 0.283 e. The molecule has 4 aliphatic rings. The van der Waals surface area contributed by atoms with Crippen molar-refractivity contribution in [2.24, 2.45) is 5.92 Å². The Morgan fingerprint density at radius 2 is 2.04 bits per heavy atom. The molecule has 1 saturated carbocycles. The van der Waals surface area contributed by atoms with E-state index in [1.54, 1.807) is 0 Å². The van der Waals surface area contributed by atoms with Gasteiger partial charge in [0.05, 0.1) is 18.7 Å². The van der Waals surface area contributed by atoms with Crippen LogP contribution in [0.1, 0.15) is 25.7 Å². The number of hydrazine groups is 3. The summed E-state index contributed by atoms with van der Waals surface area (Å²) in [5.74, 6) is -2.40. The van der Waals surface area contributed by atoms with Gasteiger partial charge in [-0.05, 0) is 38.1 Å². The van der Waals surface area contributed by atoms with Crippen LogP contribution in [0.2, 0.25) is 0 Å². The molecule has 6 atom stereocenters. The number of nitrogens with zero attached hydrogens (tertiary/aromatic N) is 1. The summed E-state index contributed by atoms with van der Waals surface area (Å²) in [4.78, 5) is 0. The van der Waals surface area contributed by atoms with E-state index in [0.717, 1.165) is 38.8 Å². The topological polar surface area (TPSA) is 72.6 Å². The molecule has 0 aromatic rings. The van der Waals surface area contributed by atoms with Crippen LogP contribution in [0.5, 0.6) is 0 Å². The molecular formula is C15H28F2N6O. The van der Waals surface area contributed by atoms with Crippen molar-refractivity contribution in [1.82, 2.24) is 32.1 Å². The molecule has 6 unspecified atom stereocenters. The van der Waals surface area contributed by atoms with Crippen LogP contribution in [-0.4, -0.2) is 68.1 Å². The number of fused-ring (bicyclic) bond motifs is 4. The fourth-order valence-electron chi connectivity index (χ4n) is 4.38. The van der Waals surface area contributed by atoms with Gasteiger partial charge in [0.2, 0.25) is 0 Å². The largest absolute Gasteiger partial charge is 0.372 e. The standard InChI is InChI=1S/C15H28F2N6O/c16-15(17)8-18-4-1-5-23-19-7-13(22-23)14-11-6-10(24-9-15)2-3-12(11)20-21-14/h10-14,18-22H,1-9H2. The van der Waals surface area contributed by atoms with Crippen molar-refractivity contribution in [3.05, 3.63) is 0 Å². The van der Waals surface area contributed by atoms with Gasteiger partial charge in [0.1, 0.15) is 6.61 Å². The van der Waals surface area contributed by atoms with Crippen molar-refractivity contribution in [1.29, 1.82) is 0 Å². The molecule has 4 fully saturated rings. The molecule has 0 amide bonds. The Bertz CT molecular complexity index is 442. The molecule has 7 nitrogen and oxygen atoms in total. The van der Waals surface area contributed by atoms with Crippen LogP contribution < -0.4 is 27.0 Å². The van der Waals surface area contributed by atoms with Gasteiger partial charge in [-0.2, -0.15) is 5.12 Å². The quantitative estimate of drug-likeness (QED) is 0.399. The van der Waals surface area contributed by atoms with Gasteiger partial charge in [0.15, 0.2) is 0 Å². The minimum absolute atomic E-state index is 0.0723. The number of halogens is 2. The Labute approximate surface area is 141 Å². The zero-order valence-electron chi connectivity index (χ0n) is 13.9. The first-order valence-corrected chi connectivity index (χ1v) is 9.09. The number of hydrogen-bond donors (Lipinski definition) is 5. The minimum atomic E-state index is -2.81. The highest BCUT2D eigenvalue weighted by Gasteiger charge is 2.46. The van der Waals surface area contributed by atoms with Crippen LogP contribution >= 0.6 is 0 Å². The van der Waals surface area contributed by atoms with Gasteiger partial charge in [-0.1, -0.05) is 0 Å². The molecule has 0 spiro atoms. The molecule has 4 rings (SSSR count). The summed E-state index contributed by atoms with van der Waals surface area (Å²) in [6.07, 6.45) is 3.36. The molecule has 3 saturated heterocycles. The molecule has 138 valence electrons. The van der Waals surface area contributed by atoms with Crippen LogP contribution in [0.15, 0.2) is 0 Å². The third-order valence-electron chi connectivity index (χ3n) is 5.65. The van der Waals surface area contributed by atoms with Crippen LogP contribution in [0.3, 0.4) is 0 Å². The highest BCUT2D eigenvalue weighted by Crippen LogP contribution is 2.34. The third-order valence-corrected chi connectivity index (χ3v) is 5.65. The average Bonchev–Trinajstić information content (AvgIpc) is 3.18. The van der Waals surface area contributed by atoms with E-state index in [4.69, 9.17) is 4.74 Å². The number of alkyl halides is 2. The van der Waals surface area contributed by atoms with Crippen molar-refractivity contribution in [3.63, 3.8) is 0 Å². The number of rotatable bonds is 0. The van der Waals surface area contributed by atoms with Gasteiger partial charge < -0.3 is 10.1 Å². The summed E-state index contributed by atoms with van der Waals surface area (Å²) in [6.45, 7) is 1.42. The first kappa shape index (κ1) is 17.0. The van der Waals surface area contributed by atoms with E-state index >= 15 is 0 Å². The lowest BCUT2D eigenvalue weighted by Crippen LogP contribution is -2.51. The van der Waals surface area contributed by atoms with Crippen LogP contribution in [0.25, 0.3) is 0 Å². The molecule has 9 heteroatoms. The molecule has 0 radical (unpaired) electrons. The predicted octanol–water partition coefficient (Wildman–Crippen LogP) is -0.661. The Balaban J connectivity index is 1.46. The summed E-state index contributed by atoms with van der Waals surface area (Å²) in [7, 11) is 0. The predicted molar refractivity (Wildman–Crippen MR) is 85.0 cm³/mol. The minimum Gasteiger partial charge on any atom is -0.372 e. The van der Waals surface area contributed by atoms with E-state index in [1.807, 2.05) is 5.12 Å². The van der Waals surface area contributed by atoms with Crippen LogP contribution in [-0.2, 0) is 4.74 Å². The normalized spacial score (nSPS) is 46.2. The summed E-state index contributed by atoms with van der Waals surface area (Å²) in [5, 5.41) is 4.85. The highest BCUT2D eigenvalue weighted by atomic mass is 19.3. The molecule has 0 aromatic carbocycles. The molecule has 3 aliphatic heterocycles. The van der Waals surface area contributed by atoms with Crippen molar-refractivity contribution >= 4 is 0 Å². The lowest BCUT2D eigenvalue weighted by atomic mass is 9.78. The van der Waals surface area contributed by atoms with E-state index in [2.05, 4.69) is 27.0 Å². The molecule has 4 bridgehead atoms. The lowest BCUT2D eigenvalue weighted by molar-refractivity contribution is -0.108. The zero-order chi connectivity index (χ0) is 16.6. The van der Waals surface area contributed by atoms with Gasteiger partial charge in [0.25, 0.3) is 5.92 Å². The summed E-state index contributed by atoms with van der Waals surface area (Å²) in [6, 6.07) is 0.983. The average molecular weight is 346 g/mol. The molecular weight excluding hydrogens is 318 g/mol. The van der Waals surface area contributed by atoms with Crippen LogP contribution in [0, 0.1) is 5.92 Å². The highest BCUT2D eigenvalue weighted by molar-refractivity contribution is 5.02. The SMILES string of the molecule is FC1(F)CNCCCN2NCC(N2)C2NNC3CCC(CC32)OC1. The van der Waals surface area contributed by atoms with Gasteiger partial charge in [-0.3, -0.25) is 10.9 Å². The van der Waals surface area contributed by atoms with E-state index in [1.165, 1.54) is 0 Å². The molecule has 1 aliphatic carbocycles. The maximum atomic E-state index is 13.9. The Kier molecular flexibility index (Phi) is 5.01.